The standard InChI is InChI=1S/C16H15NO3S/c1-16(2,15(18)19)20-10-7-8-14-12(9-10)17-11-5-3-4-6-13(11)21-14/h3-9,17H,1-2H3,(H,18,19). The Hall–Kier alpha value is -2.14. The van der Waals surface area contributed by atoms with E-state index in [1.165, 1.54) is 18.7 Å². The number of carbonyl (C=O) groups is 1. The number of anilines is 2. The van der Waals surface area contributed by atoms with Crippen LogP contribution in [0.1, 0.15) is 13.8 Å². The predicted molar refractivity (Wildman–Crippen MR) is 82.6 cm³/mol. The van der Waals surface area contributed by atoms with Crippen molar-refractivity contribution in [2.24, 2.45) is 0 Å². The molecule has 0 radical (unpaired) electrons. The van der Waals surface area contributed by atoms with E-state index in [2.05, 4.69) is 11.4 Å². The lowest BCUT2D eigenvalue weighted by Crippen LogP contribution is -2.37. The van der Waals surface area contributed by atoms with Crippen LogP contribution >= 0.6 is 11.8 Å². The van der Waals surface area contributed by atoms with Crippen LogP contribution in [0.25, 0.3) is 0 Å². The summed E-state index contributed by atoms with van der Waals surface area (Å²) >= 11 is 1.68. The maximum absolute atomic E-state index is 11.1. The average Bonchev–Trinajstić information content (AvgIpc) is 2.44. The number of aliphatic carboxylic acids is 1. The molecule has 1 aliphatic rings. The van der Waals surface area contributed by atoms with Gasteiger partial charge in [-0.2, -0.15) is 0 Å². The normalized spacial score (nSPS) is 12.9. The van der Waals surface area contributed by atoms with Gasteiger partial charge in [0.05, 0.1) is 11.4 Å². The molecule has 1 heterocycles. The van der Waals surface area contributed by atoms with Gasteiger partial charge in [0.1, 0.15) is 5.75 Å². The van der Waals surface area contributed by atoms with Crippen LogP contribution < -0.4 is 10.1 Å². The lowest BCUT2D eigenvalue weighted by atomic mass is 10.1. The van der Waals surface area contributed by atoms with E-state index in [9.17, 15) is 4.79 Å². The summed E-state index contributed by atoms with van der Waals surface area (Å²) in [6.45, 7) is 3.07. The van der Waals surface area contributed by atoms with E-state index in [-0.39, 0.29) is 0 Å². The van der Waals surface area contributed by atoms with Crippen LogP contribution in [0.5, 0.6) is 5.75 Å². The molecule has 0 unspecified atom stereocenters. The van der Waals surface area contributed by atoms with Crippen molar-refractivity contribution in [2.75, 3.05) is 5.32 Å². The molecule has 1 aliphatic heterocycles. The van der Waals surface area contributed by atoms with Gasteiger partial charge in [0, 0.05) is 15.9 Å². The molecule has 4 nitrogen and oxygen atoms in total. The fraction of sp³-hybridized carbons (Fsp3) is 0.188. The monoisotopic (exact) mass is 301 g/mol. The fourth-order valence-corrected chi connectivity index (χ4v) is 2.99. The van der Waals surface area contributed by atoms with E-state index < -0.39 is 11.6 Å². The fourth-order valence-electron chi connectivity index (χ4n) is 2.02. The Morgan fingerprint density at radius 2 is 1.86 bits per heavy atom. The van der Waals surface area contributed by atoms with Crippen LogP contribution in [-0.2, 0) is 4.79 Å². The Labute approximate surface area is 127 Å². The second-order valence-electron chi connectivity index (χ2n) is 5.30. The molecular formula is C16H15NO3S. The van der Waals surface area contributed by atoms with Crippen LogP contribution in [0.2, 0.25) is 0 Å². The second-order valence-corrected chi connectivity index (χ2v) is 6.38. The highest BCUT2D eigenvalue weighted by molar-refractivity contribution is 7.99. The third-order valence-electron chi connectivity index (χ3n) is 3.22. The number of nitrogens with one attached hydrogen (secondary N) is 1. The molecule has 0 spiro atoms. The summed E-state index contributed by atoms with van der Waals surface area (Å²) in [5.74, 6) is -0.457. The first kappa shape index (κ1) is 13.8. The van der Waals surface area contributed by atoms with Gasteiger partial charge in [-0.25, -0.2) is 4.79 Å². The highest BCUT2D eigenvalue weighted by Gasteiger charge is 2.29. The quantitative estimate of drug-likeness (QED) is 0.761. The topological polar surface area (TPSA) is 58.6 Å². The summed E-state index contributed by atoms with van der Waals surface area (Å²) in [6.07, 6.45) is 0. The molecule has 0 bridgehead atoms. The molecule has 0 atom stereocenters. The van der Waals surface area contributed by atoms with E-state index in [0.717, 1.165) is 16.3 Å². The largest absolute Gasteiger partial charge is 0.478 e. The number of hydrogen-bond donors (Lipinski definition) is 2. The number of para-hydroxylation sites is 1. The van der Waals surface area contributed by atoms with Gasteiger partial charge in [-0.15, -0.1) is 0 Å². The molecule has 0 aromatic heterocycles. The first-order valence-electron chi connectivity index (χ1n) is 6.56. The maximum Gasteiger partial charge on any atom is 0.347 e. The maximum atomic E-state index is 11.1. The molecule has 108 valence electrons. The molecule has 0 saturated heterocycles. The van der Waals surface area contributed by atoms with E-state index in [1.54, 1.807) is 17.8 Å². The molecule has 2 aromatic carbocycles. The Morgan fingerprint density at radius 3 is 2.62 bits per heavy atom. The summed E-state index contributed by atoms with van der Waals surface area (Å²) in [5, 5.41) is 12.5. The number of carboxylic acids is 1. The van der Waals surface area contributed by atoms with Crippen molar-refractivity contribution < 1.29 is 14.6 Å². The highest BCUT2D eigenvalue weighted by atomic mass is 32.2. The van der Waals surface area contributed by atoms with Crippen molar-refractivity contribution in [3.63, 3.8) is 0 Å². The molecule has 0 amide bonds. The van der Waals surface area contributed by atoms with E-state index in [4.69, 9.17) is 9.84 Å². The minimum Gasteiger partial charge on any atom is -0.478 e. The third-order valence-corrected chi connectivity index (χ3v) is 4.37. The van der Waals surface area contributed by atoms with Gasteiger partial charge in [0.25, 0.3) is 0 Å². The van der Waals surface area contributed by atoms with E-state index >= 15 is 0 Å². The number of rotatable bonds is 3. The van der Waals surface area contributed by atoms with E-state index in [1.807, 2.05) is 30.3 Å². The Kier molecular flexibility index (Phi) is 3.29. The predicted octanol–water partition coefficient (Wildman–Crippen LogP) is 4.14. The van der Waals surface area contributed by atoms with Crippen molar-refractivity contribution in [3.05, 3.63) is 42.5 Å². The van der Waals surface area contributed by atoms with Crippen molar-refractivity contribution in [2.45, 2.75) is 29.2 Å². The summed E-state index contributed by atoms with van der Waals surface area (Å²) < 4.78 is 5.57. The number of benzene rings is 2. The van der Waals surface area contributed by atoms with Gasteiger partial charge in [-0.05, 0) is 38.1 Å². The van der Waals surface area contributed by atoms with Crippen LogP contribution in [0.4, 0.5) is 11.4 Å². The zero-order valence-electron chi connectivity index (χ0n) is 11.7. The van der Waals surface area contributed by atoms with E-state index in [0.29, 0.717) is 5.75 Å². The van der Waals surface area contributed by atoms with Gasteiger partial charge in [0.2, 0.25) is 0 Å². The molecule has 2 aromatic rings. The van der Waals surface area contributed by atoms with Crippen molar-refractivity contribution in [1.82, 2.24) is 0 Å². The third kappa shape index (κ3) is 2.69. The molecule has 0 saturated carbocycles. The highest BCUT2D eigenvalue weighted by Crippen LogP contribution is 2.45. The molecule has 0 aliphatic carbocycles. The molecule has 5 heteroatoms. The van der Waals surface area contributed by atoms with Gasteiger partial charge >= 0.3 is 5.97 Å². The second kappa shape index (κ2) is 5.00. The Bertz CT molecular complexity index is 712. The molecule has 21 heavy (non-hydrogen) atoms. The molecule has 0 fully saturated rings. The number of ether oxygens (including phenoxy) is 1. The van der Waals surface area contributed by atoms with Crippen LogP contribution in [-0.4, -0.2) is 16.7 Å². The summed E-state index contributed by atoms with van der Waals surface area (Å²) in [7, 11) is 0. The average molecular weight is 301 g/mol. The van der Waals surface area contributed by atoms with Gasteiger partial charge < -0.3 is 15.2 Å². The summed E-state index contributed by atoms with van der Waals surface area (Å²) in [6, 6.07) is 13.6. The number of hydrogen-bond acceptors (Lipinski definition) is 4. The van der Waals surface area contributed by atoms with Gasteiger partial charge in [0.15, 0.2) is 5.60 Å². The van der Waals surface area contributed by atoms with Crippen molar-refractivity contribution >= 4 is 29.1 Å². The zero-order chi connectivity index (χ0) is 15.0. The SMILES string of the molecule is CC(C)(Oc1ccc2c(c1)Nc1ccccc1S2)C(=O)O. The molecule has 3 rings (SSSR count). The minimum absolute atomic E-state index is 0.536. The minimum atomic E-state index is -1.26. The first-order chi connectivity index (χ1) is 9.95. The van der Waals surface area contributed by atoms with Gasteiger partial charge in [-0.3, -0.25) is 0 Å². The summed E-state index contributed by atoms with van der Waals surface area (Å²) in [4.78, 5) is 13.4. The Morgan fingerprint density at radius 1 is 1.14 bits per heavy atom. The van der Waals surface area contributed by atoms with Crippen LogP contribution in [0, 0.1) is 0 Å². The smallest absolute Gasteiger partial charge is 0.347 e. The van der Waals surface area contributed by atoms with Crippen molar-refractivity contribution in [1.29, 1.82) is 0 Å². The molecule has 2 N–H and O–H groups in total. The zero-order valence-corrected chi connectivity index (χ0v) is 12.5. The summed E-state index contributed by atoms with van der Waals surface area (Å²) in [5.41, 5.74) is 0.718. The van der Waals surface area contributed by atoms with Gasteiger partial charge in [-0.1, -0.05) is 23.9 Å². The lowest BCUT2D eigenvalue weighted by molar-refractivity contribution is -0.152. The first-order valence-corrected chi connectivity index (χ1v) is 7.38. The van der Waals surface area contributed by atoms with Crippen LogP contribution in [0.3, 0.4) is 0 Å². The van der Waals surface area contributed by atoms with Crippen LogP contribution in [0.15, 0.2) is 52.3 Å². The Balaban J connectivity index is 1.89. The molecular weight excluding hydrogens is 286 g/mol. The van der Waals surface area contributed by atoms with Crippen molar-refractivity contribution in [3.8, 4) is 5.75 Å². The number of fused-ring (bicyclic) bond motifs is 2. The number of carboxylic acid groups (broad SMARTS) is 1. The lowest BCUT2D eigenvalue weighted by Gasteiger charge is -2.24.